The summed E-state index contributed by atoms with van der Waals surface area (Å²) in [5, 5.41) is 21.8. The number of rotatable bonds is 4. The number of hydrogen-bond donors (Lipinski definition) is 3. The van der Waals surface area contributed by atoms with Crippen molar-refractivity contribution in [3.63, 3.8) is 0 Å². The number of aryl methyl sites for hydroxylation is 1. The SMILES string of the molecule is Cc1cccc(NC(C(=O)O)c2cc(F)ccc2O)c1. The average Bonchev–Trinajstić information content (AvgIpc) is 2.39. The molecule has 0 radical (unpaired) electrons. The first kappa shape index (κ1) is 13.9. The smallest absolute Gasteiger partial charge is 0.330 e. The minimum Gasteiger partial charge on any atom is -0.508 e. The van der Waals surface area contributed by atoms with Gasteiger partial charge in [0.1, 0.15) is 11.6 Å². The molecule has 0 saturated carbocycles. The molecule has 3 N–H and O–H groups in total. The summed E-state index contributed by atoms with van der Waals surface area (Å²) >= 11 is 0. The molecule has 0 aliphatic heterocycles. The molecule has 0 bridgehead atoms. The van der Waals surface area contributed by atoms with Crippen LogP contribution in [0.5, 0.6) is 5.75 Å². The quantitative estimate of drug-likeness (QED) is 0.802. The van der Waals surface area contributed by atoms with Gasteiger partial charge in [-0.3, -0.25) is 0 Å². The number of phenols is 1. The summed E-state index contributed by atoms with van der Waals surface area (Å²) in [5.74, 6) is -2.07. The van der Waals surface area contributed by atoms with Crippen LogP contribution in [0.2, 0.25) is 0 Å². The van der Waals surface area contributed by atoms with Crippen LogP contribution in [0, 0.1) is 12.7 Å². The third-order valence-electron chi connectivity index (χ3n) is 2.88. The van der Waals surface area contributed by atoms with Gasteiger partial charge in [0.15, 0.2) is 6.04 Å². The Morgan fingerprint density at radius 3 is 2.65 bits per heavy atom. The number of halogens is 1. The van der Waals surface area contributed by atoms with Crippen molar-refractivity contribution in [3.05, 3.63) is 59.4 Å². The molecular weight excluding hydrogens is 261 g/mol. The predicted octanol–water partition coefficient (Wildman–Crippen LogP) is 3.08. The van der Waals surface area contributed by atoms with Gasteiger partial charge in [-0.1, -0.05) is 12.1 Å². The first-order valence-corrected chi connectivity index (χ1v) is 6.02. The van der Waals surface area contributed by atoms with Crippen LogP contribution in [0.4, 0.5) is 10.1 Å². The van der Waals surface area contributed by atoms with E-state index in [4.69, 9.17) is 0 Å². The van der Waals surface area contributed by atoms with Crippen LogP contribution in [0.3, 0.4) is 0 Å². The van der Waals surface area contributed by atoms with Crippen molar-refractivity contribution < 1.29 is 19.4 Å². The van der Waals surface area contributed by atoms with E-state index in [0.29, 0.717) is 5.69 Å². The van der Waals surface area contributed by atoms with Crippen LogP contribution < -0.4 is 5.32 Å². The molecule has 2 rings (SSSR count). The molecule has 2 aromatic carbocycles. The fraction of sp³-hybridized carbons (Fsp3) is 0.133. The van der Waals surface area contributed by atoms with Gasteiger partial charge in [0.05, 0.1) is 0 Å². The van der Waals surface area contributed by atoms with Gasteiger partial charge in [-0.15, -0.1) is 0 Å². The third-order valence-corrected chi connectivity index (χ3v) is 2.88. The monoisotopic (exact) mass is 275 g/mol. The van der Waals surface area contributed by atoms with E-state index in [1.54, 1.807) is 18.2 Å². The molecule has 0 amide bonds. The summed E-state index contributed by atoms with van der Waals surface area (Å²) in [6, 6.07) is 9.13. The number of benzene rings is 2. The molecule has 5 heteroatoms. The lowest BCUT2D eigenvalue weighted by molar-refractivity contribution is -0.138. The molecule has 0 aliphatic carbocycles. The van der Waals surface area contributed by atoms with Crippen molar-refractivity contribution in [2.75, 3.05) is 5.32 Å². The fourth-order valence-electron chi connectivity index (χ4n) is 1.93. The van der Waals surface area contributed by atoms with Crippen molar-refractivity contribution in [1.82, 2.24) is 0 Å². The van der Waals surface area contributed by atoms with E-state index in [1.807, 2.05) is 13.0 Å². The Morgan fingerprint density at radius 1 is 1.25 bits per heavy atom. The number of carboxylic acids is 1. The zero-order valence-corrected chi connectivity index (χ0v) is 10.8. The van der Waals surface area contributed by atoms with Crippen molar-refractivity contribution in [2.24, 2.45) is 0 Å². The van der Waals surface area contributed by atoms with Gasteiger partial charge >= 0.3 is 5.97 Å². The Balaban J connectivity index is 2.37. The Hall–Kier alpha value is -2.56. The number of nitrogens with one attached hydrogen (secondary N) is 1. The second-order valence-electron chi connectivity index (χ2n) is 4.49. The molecule has 0 fully saturated rings. The maximum Gasteiger partial charge on any atom is 0.330 e. The minimum absolute atomic E-state index is 0.0148. The summed E-state index contributed by atoms with van der Waals surface area (Å²) in [4.78, 5) is 11.4. The Morgan fingerprint density at radius 2 is 2.00 bits per heavy atom. The van der Waals surface area contributed by atoms with Gasteiger partial charge in [-0.05, 0) is 42.8 Å². The standard InChI is InChI=1S/C15H14FNO3/c1-9-3-2-4-11(7-9)17-14(15(19)20)12-8-10(16)5-6-13(12)18/h2-8,14,17-18H,1H3,(H,19,20). The molecule has 0 aliphatic rings. The molecule has 0 heterocycles. The Labute approximate surface area is 115 Å². The van der Waals surface area contributed by atoms with Crippen LogP contribution in [0.25, 0.3) is 0 Å². The number of carboxylic acid groups (broad SMARTS) is 1. The van der Waals surface area contributed by atoms with E-state index in [9.17, 15) is 19.4 Å². The van der Waals surface area contributed by atoms with Crippen LogP contribution in [0.1, 0.15) is 17.2 Å². The van der Waals surface area contributed by atoms with E-state index in [2.05, 4.69) is 5.32 Å². The molecule has 2 aromatic rings. The van der Waals surface area contributed by atoms with Gasteiger partial charge in [0.2, 0.25) is 0 Å². The number of hydrogen-bond acceptors (Lipinski definition) is 3. The van der Waals surface area contributed by atoms with Crippen LogP contribution >= 0.6 is 0 Å². The van der Waals surface area contributed by atoms with E-state index < -0.39 is 17.8 Å². The first-order chi connectivity index (χ1) is 9.47. The van der Waals surface area contributed by atoms with E-state index in [0.717, 1.165) is 23.8 Å². The lowest BCUT2D eigenvalue weighted by Gasteiger charge is -2.17. The third kappa shape index (κ3) is 3.06. The molecular formula is C15H14FNO3. The zero-order valence-electron chi connectivity index (χ0n) is 10.8. The van der Waals surface area contributed by atoms with E-state index in [1.165, 1.54) is 0 Å². The lowest BCUT2D eigenvalue weighted by Crippen LogP contribution is -2.20. The second-order valence-corrected chi connectivity index (χ2v) is 4.49. The molecule has 0 aromatic heterocycles. The highest BCUT2D eigenvalue weighted by molar-refractivity contribution is 5.80. The second kappa shape index (κ2) is 5.61. The Bertz CT molecular complexity index is 643. The molecule has 1 unspecified atom stereocenters. The summed E-state index contributed by atoms with van der Waals surface area (Å²) in [5.41, 5.74) is 1.53. The molecule has 0 saturated heterocycles. The summed E-state index contributed by atoms with van der Waals surface area (Å²) in [6.07, 6.45) is 0. The molecule has 4 nitrogen and oxygen atoms in total. The molecule has 104 valence electrons. The summed E-state index contributed by atoms with van der Waals surface area (Å²) in [7, 11) is 0. The normalized spacial score (nSPS) is 11.9. The highest BCUT2D eigenvalue weighted by Crippen LogP contribution is 2.28. The maximum absolute atomic E-state index is 13.2. The van der Waals surface area contributed by atoms with Gasteiger partial charge < -0.3 is 15.5 Å². The topological polar surface area (TPSA) is 69.6 Å². The van der Waals surface area contributed by atoms with Crippen molar-refractivity contribution >= 4 is 11.7 Å². The molecule has 1 atom stereocenters. The number of aliphatic carboxylic acids is 1. The van der Waals surface area contributed by atoms with Crippen molar-refractivity contribution in [1.29, 1.82) is 0 Å². The summed E-state index contributed by atoms with van der Waals surface area (Å²) < 4.78 is 13.2. The van der Waals surface area contributed by atoms with Crippen LogP contribution in [-0.2, 0) is 4.79 Å². The highest BCUT2D eigenvalue weighted by atomic mass is 19.1. The molecule has 0 spiro atoms. The van der Waals surface area contributed by atoms with Crippen LogP contribution in [-0.4, -0.2) is 16.2 Å². The number of phenolic OH excluding ortho intramolecular Hbond substituents is 1. The highest BCUT2D eigenvalue weighted by Gasteiger charge is 2.23. The summed E-state index contributed by atoms with van der Waals surface area (Å²) in [6.45, 7) is 1.88. The zero-order chi connectivity index (χ0) is 14.7. The lowest BCUT2D eigenvalue weighted by atomic mass is 10.0. The molecule has 20 heavy (non-hydrogen) atoms. The van der Waals surface area contributed by atoms with Gasteiger partial charge in [-0.2, -0.15) is 0 Å². The van der Waals surface area contributed by atoms with Crippen molar-refractivity contribution in [3.8, 4) is 5.75 Å². The van der Waals surface area contributed by atoms with Gasteiger partial charge in [-0.25, -0.2) is 9.18 Å². The first-order valence-electron chi connectivity index (χ1n) is 6.02. The van der Waals surface area contributed by atoms with E-state index in [-0.39, 0.29) is 11.3 Å². The number of anilines is 1. The van der Waals surface area contributed by atoms with Gasteiger partial charge in [0.25, 0.3) is 0 Å². The fourth-order valence-corrected chi connectivity index (χ4v) is 1.93. The number of carbonyl (C=O) groups is 1. The van der Waals surface area contributed by atoms with Crippen molar-refractivity contribution in [2.45, 2.75) is 13.0 Å². The Kier molecular flexibility index (Phi) is 3.89. The number of aromatic hydroxyl groups is 1. The predicted molar refractivity (Wildman–Crippen MR) is 73.2 cm³/mol. The van der Waals surface area contributed by atoms with Crippen LogP contribution in [0.15, 0.2) is 42.5 Å². The minimum atomic E-state index is -1.23. The average molecular weight is 275 g/mol. The maximum atomic E-state index is 13.2. The van der Waals surface area contributed by atoms with E-state index >= 15 is 0 Å². The van der Waals surface area contributed by atoms with Gasteiger partial charge in [0, 0.05) is 11.3 Å². The largest absolute Gasteiger partial charge is 0.508 e.